The van der Waals surface area contributed by atoms with Crippen molar-refractivity contribution < 1.29 is 13.6 Å². The van der Waals surface area contributed by atoms with Crippen molar-refractivity contribution in [2.45, 2.75) is 39.4 Å². The lowest BCUT2D eigenvalue weighted by Crippen LogP contribution is -2.19. The summed E-state index contributed by atoms with van der Waals surface area (Å²) in [5.41, 5.74) is 5.54. The zero-order valence-corrected chi connectivity index (χ0v) is 9.55. The molecule has 2 N–H and O–H groups in total. The minimum absolute atomic E-state index is 0.433. The molecule has 0 aromatic heterocycles. The average molecular weight is 209 g/mol. The van der Waals surface area contributed by atoms with Gasteiger partial charge in [-0.25, -0.2) is 0 Å². The van der Waals surface area contributed by atoms with E-state index in [9.17, 15) is 4.57 Å². The molecule has 0 saturated carbocycles. The molecule has 0 saturated heterocycles. The Morgan fingerprint density at radius 1 is 1.23 bits per heavy atom. The first-order valence-electron chi connectivity index (χ1n) is 4.71. The SMILES string of the molecule is CCCOP(=O)(OCCC)C(C)N. The number of nitrogens with two attached hydrogens (primary N) is 1. The van der Waals surface area contributed by atoms with E-state index in [4.69, 9.17) is 14.8 Å². The molecule has 0 heterocycles. The van der Waals surface area contributed by atoms with Crippen molar-refractivity contribution >= 4 is 7.60 Å². The Morgan fingerprint density at radius 2 is 1.62 bits per heavy atom. The van der Waals surface area contributed by atoms with Crippen LogP contribution in [0.25, 0.3) is 0 Å². The maximum absolute atomic E-state index is 11.9. The molecule has 0 amide bonds. The van der Waals surface area contributed by atoms with Crippen LogP contribution in [0.1, 0.15) is 33.6 Å². The van der Waals surface area contributed by atoms with Crippen molar-refractivity contribution in [2.75, 3.05) is 13.2 Å². The Balaban J connectivity index is 4.09. The Bertz CT molecular complexity index is 161. The average Bonchev–Trinajstić information content (AvgIpc) is 2.11. The molecule has 0 aromatic rings. The smallest absolute Gasteiger partial charge is 0.318 e. The van der Waals surface area contributed by atoms with Crippen molar-refractivity contribution in [3.8, 4) is 0 Å². The molecule has 4 nitrogen and oxygen atoms in total. The first kappa shape index (κ1) is 13.1. The maximum atomic E-state index is 11.9. The van der Waals surface area contributed by atoms with Crippen LogP contribution in [0, 0.1) is 0 Å². The fourth-order valence-corrected chi connectivity index (χ4v) is 2.13. The van der Waals surface area contributed by atoms with Crippen LogP contribution in [0.4, 0.5) is 0 Å². The summed E-state index contributed by atoms with van der Waals surface area (Å²) in [6.45, 7) is 6.41. The zero-order chi connectivity index (χ0) is 10.3. The molecule has 0 aliphatic carbocycles. The van der Waals surface area contributed by atoms with Crippen molar-refractivity contribution in [3.05, 3.63) is 0 Å². The summed E-state index contributed by atoms with van der Waals surface area (Å²) in [6, 6.07) is 0. The van der Waals surface area contributed by atoms with Crippen LogP contribution in [-0.2, 0) is 13.6 Å². The van der Waals surface area contributed by atoms with Gasteiger partial charge in [0.25, 0.3) is 0 Å². The predicted octanol–water partition coefficient (Wildman–Crippen LogP) is 2.34. The van der Waals surface area contributed by atoms with E-state index < -0.39 is 13.4 Å². The summed E-state index contributed by atoms with van der Waals surface area (Å²) in [5, 5.41) is 0. The fraction of sp³-hybridized carbons (Fsp3) is 1.00. The van der Waals surface area contributed by atoms with Crippen LogP contribution in [-0.4, -0.2) is 19.0 Å². The molecule has 0 aliphatic heterocycles. The molecule has 13 heavy (non-hydrogen) atoms. The van der Waals surface area contributed by atoms with E-state index in [-0.39, 0.29) is 0 Å². The molecule has 0 rings (SSSR count). The van der Waals surface area contributed by atoms with Gasteiger partial charge in [0.1, 0.15) is 5.78 Å². The van der Waals surface area contributed by atoms with Crippen LogP contribution in [0.15, 0.2) is 0 Å². The van der Waals surface area contributed by atoms with E-state index in [1.165, 1.54) is 0 Å². The maximum Gasteiger partial charge on any atom is 0.346 e. The second-order valence-corrected chi connectivity index (χ2v) is 5.36. The third kappa shape index (κ3) is 4.77. The van der Waals surface area contributed by atoms with E-state index in [0.717, 1.165) is 12.8 Å². The summed E-state index contributed by atoms with van der Waals surface area (Å²) >= 11 is 0. The van der Waals surface area contributed by atoms with Crippen molar-refractivity contribution in [1.29, 1.82) is 0 Å². The Labute approximate surface area is 80.3 Å². The summed E-state index contributed by atoms with van der Waals surface area (Å²) in [4.78, 5) is 0. The molecule has 0 fully saturated rings. The van der Waals surface area contributed by atoms with E-state index in [1.54, 1.807) is 6.92 Å². The monoisotopic (exact) mass is 209 g/mol. The van der Waals surface area contributed by atoms with Gasteiger partial charge in [0, 0.05) is 0 Å². The lowest BCUT2D eigenvalue weighted by Gasteiger charge is -2.20. The summed E-state index contributed by atoms with van der Waals surface area (Å²) in [6.07, 6.45) is 1.62. The molecule has 0 radical (unpaired) electrons. The normalized spacial score (nSPS) is 14.5. The lowest BCUT2D eigenvalue weighted by atomic mass is 10.5. The van der Waals surface area contributed by atoms with Crippen LogP contribution in [0.5, 0.6) is 0 Å². The number of hydrogen-bond donors (Lipinski definition) is 1. The van der Waals surface area contributed by atoms with Crippen molar-refractivity contribution in [2.24, 2.45) is 5.73 Å². The van der Waals surface area contributed by atoms with Crippen LogP contribution in [0.2, 0.25) is 0 Å². The highest BCUT2D eigenvalue weighted by Crippen LogP contribution is 2.50. The first-order chi connectivity index (χ1) is 6.06. The van der Waals surface area contributed by atoms with Gasteiger partial charge in [-0.2, -0.15) is 0 Å². The van der Waals surface area contributed by atoms with Gasteiger partial charge in [-0.1, -0.05) is 13.8 Å². The van der Waals surface area contributed by atoms with Gasteiger partial charge in [-0.15, -0.1) is 0 Å². The molecule has 1 atom stereocenters. The van der Waals surface area contributed by atoms with Crippen LogP contribution < -0.4 is 5.73 Å². The van der Waals surface area contributed by atoms with E-state index >= 15 is 0 Å². The third-order valence-corrected chi connectivity index (χ3v) is 3.53. The Kier molecular flexibility index (Phi) is 6.60. The largest absolute Gasteiger partial charge is 0.346 e. The Morgan fingerprint density at radius 3 is 1.85 bits per heavy atom. The number of hydrogen-bond acceptors (Lipinski definition) is 4. The van der Waals surface area contributed by atoms with Crippen molar-refractivity contribution in [1.82, 2.24) is 0 Å². The Hall–Kier alpha value is 0.110. The summed E-state index contributed by atoms with van der Waals surface area (Å²) in [5.74, 6) is -0.550. The molecular formula is C8H20NO3P. The highest BCUT2D eigenvalue weighted by Gasteiger charge is 2.29. The molecule has 0 aliphatic rings. The first-order valence-corrected chi connectivity index (χ1v) is 6.32. The molecule has 5 heteroatoms. The van der Waals surface area contributed by atoms with Crippen LogP contribution >= 0.6 is 7.60 Å². The van der Waals surface area contributed by atoms with E-state index in [0.29, 0.717) is 13.2 Å². The fourth-order valence-electron chi connectivity index (χ4n) is 0.709. The van der Waals surface area contributed by atoms with Gasteiger partial charge < -0.3 is 14.8 Å². The van der Waals surface area contributed by atoms with E-state index in [2.05, 4.69) is 0 Å². The molecule has 1 unspecified atom stereocenters. The van der Waals surface area contributed by atoms with Gasteiger partial charge in [0.2, 0.25) is 0 Å². The predicted molar refractivity (Wildman–Crippen MR) is 53.7 cm³/mol. The lowest BCUT2D eigenvalue weighted by molar-refractivity contribution is 0.198. The second-order valence-electron chi connectivity index (χ2n) is 2.95. The van der Waals surface area contributed by atoms with Crippen molar-refractivity contribution in [3.63, 3.8) is 0 Å². The van der Waals surface area contributed by atoms with Gasteiger partial charge >= 0.3 is 7.60 Å². The minimum Gasteiger partial charge on any atom is -0.318 e. The molecule has 80 valence electrons. The molecule has 0 bridgehead atoms. The second kappa shape index (κ2) is 6.55. The number of rotatable bonds is 7. The molecule has 0 spiro atoms. The van der Waals surface area contributed by atoms with Gasteiger partial charge in [0.05, 0.1) is 13.2 Å². The van der Waals surface area contributed by atoms with Crippen LogP contribution in [0.3, 0.4) is 0 Å². The third-order valence-electron chi connectivity index (χ3n) is 1.45. The quantitative estimate of drug-likeness (QED) is 0.654. The summed E-state index contributed by atoms with van der Waals surface area (Å²) < 4.78 is 22.2. The highest BCUT2D eigenvalue weighted by molar-refractivity contribution is 7.54. The summed E-state index contributed by atoms with van der Waals surface area (Å²) in [7, 11) is -3.05. The van der Waals surface area contributed by atoms with Gasteiger partial charge in [-0.05, 0) is 19.8 Å². The molecular weight excluding hydrogens is 189 g/mol. The van der Waals surface area contributed by atoms with E-state index in [1.807, 2.05) is 13.8 Å². The zero-order valence-electron chi connectivity index (χ0n) is 8.66. The molecule has 0 aromatic carbocycles. The van der Waals surface area contributed by atoms with Gasteiger partial charge in [-0.3, -0.25) is 4.57 Å². The highest BCUT2D eigenvalue weighted by atomic mass is 31.2. The minimum atomic E-state index is -3.05. The standard InChI is InChI=1S/C8H20NO3P/c1-4-6-11-13(10,8(3)9)12-7-5-2/h8H,4-7,9H2,1-3H3. The van der Waals surface area contributed by atoms with Gasteiger partial charge in [0.15, 0.2) is 0 Å². The topological polar surface area (TPSA) is 61.5 Å².